The molecule has 2 saturated heterocycles. The molecule has 3 rings (SSSR count). The van der Waals surface area contributed by atoms with Gasteiger partial charge in [0.05, 0.1) is 5.41 Å². The Morgan fingerprint density at radius 3 is 2.61 bits per heavy atom. The molecule has 2 aliphatic heterocycles. The molecular weight excluding hydrogens is 352 g/mol. The SMILES string of the molecule is CN(C)C(=O)[C@@]12CCCN(C(=O)CC(C)(C)C)C[C@@H]1CN(c1ccccn1)C2. The van der Waals surface area contributed by atoms with Crippen molar-refractivity contribution in [3.63, 3.8) is 0 Å². The number of carbonyl (C=O) groups excluding carboxylic acids is 2. The highest BCUT2D eigenvalue weighted by Gasteiger charge is 2.54. The Balaban J connectivity index is 1.88. The smallest absolute Gasteiger partial charge is 0.230 e. The number of pyridine rings is 1. The quantitative estimate of drug-likeness (QED) is 0.801. The zero-order valence-corrected chi connectivity index (χ0v) is 17.9. The summed E-state index contributed by atoms with van der Waals surface area (Å²) in [6.45, 7) is 9.13. The van der Waals surface area contributed by atoms with E-state index in [0.29, 0.717) is 19.5 Å². The van der Waals surface area contributed by atoms with Crippen molar-refractivity contribution in [3.05, 3.63) is 24.4 Å². The van der Waals surface area contributed by atoms with E-state index in [-0.39, 0.29) is 23.1 Å². The summed E-state index contributed by atoms with van der Waals surface area (Å²) in [7, 11) is 3.68. The summed E-state index contributed by atoms with van der Waals surface area (Å²) in [5.74, 6) is 1.42. The largest absolute Gasteiger partial charge is 0.355 e. The van der Waals surface area contributed by atoms with Gasteiger partial charge >= 0.3 is 0 Å². The molecule has 1 aromatic heterocycles. The molecule has 1 aromatic rings. The molecule has 0 spiro atoms. The van der Waals surface area contributed by atoms with Crippen LogP contribution in [0.4, 0.5) is 5.82 Å². The lowest BCUT2D eigenvalue weighted by Gasteiger charge is -2.34. The van der Waals surface area contributed by atoms with Gasteiger partial charge in [0.1, 0.15) is 5.82 Å². The Hall–Kier alpha value is -2.11. The summed E-state index contributed by atoms with van der Waals surface area (Å²) in [5, 5.41) is 0. The van der Waals surface area contributed by atoms with E-state index in [2.05, 4.69) is 30.7 Å². The first-order chi connectivity index (χ1) is 13.1. The van der Waals surface area contributed by atoms with Gasteiger partial charge in [-0.05, 0) is 30.4 Å². The molecule has 2 amide bonds. The Morgan fingerprint density at radius 2 is 2.00 bits per heavy atom. The lowest BCUT2D eigenvalue weighted by atomic mass is 9.74. The molecule has 0 radical (unpaired) electrons. The van der Waals surface area contributed by atoms with Gasteiger partial charge in [-0.1, -0.05) is 26.8 Å². The highest BCUT2D eigenvalue weighted by atomic mass is 16.2. The highest BCUT2D eigenvalue weighted by molar-refractivity contribution is 5.85. The maximum atomic E-state index is 13.3. The zero-order valence-electron chi connectivity index (χ0n) is 17.9. The van der Waals surface area contributed by atoms with Gasteiger partial charge in [-0.15, -0.1) is 0 Å². The van der Waals surface area contributed by atoms with Crippen molar-refractivity contribution in [3.8, 4) is 0 Å². The van der Waals surface area contributed by atoms with E-state index < -0.39 is 5.41 Å². The fourth-order valence-corrected chi connectivity index (χ4v) is 4.74. The predicted molar refractivity (Wildman–Crippen MR) is 111 cm³/mol. The molecule has 3 heterocycles. The fraction of sp³-hybridized carbons (Fsp3) is 0.682. The lowest BCUT2D eigenvalue weighted by molar-refractivity contribution is -0.142. The molecule has 2 atom stereocenters. The van der Waals surface area contributed by atoms with Gasteiger partial charge in [0.15, 0.2) is 0 Å². The highest BCUT2D eigenvalue weighted by Crippen LogP contribution is 2.45. The van der Waals surface area contributed by atoms with Crippen LogP contribution in [-0.2, 0) is 9.59 Å². The number of fused-ring (bicyclic) bond motifs is 1. The zero-order chi connectivity index (χ0) is 20.5. The van der Waals surface area contributed by atoms with E-state index in [1.54, 1.807) is 11.1 Å². The van der Waals surface area contributed by atoms with Crippen LogP contribution in [-0.4, -0.2) is 66.9 Å². The first-order valence-electron chi connectivity index (χ1n) is 10.3. The monoisotopic (exact) mass is 386 g/mol. The number of rotatable bonds is 3. The summed E-state index contributed by atoms with van der Waals surface area (Å²) in [6, 6.07) is 5.89. The van der Waals surface area contributed by atoms with E-state index in [0.717, 1.165) is 31.7 Å². The average Bonchev–Trinajstić information content (AvgIpc) is 2.89. The average molecular weight is 387 g/mol. The maximum absolute atomic E-state index is 13.3. The molecule has 6 heteroatoms. The van der Waals surface area contributed by atoms with Crippen molar-refractivity contribution >= 4 is 17.6 Å². The second-order valence-electron chi connectivity index (χ2n) is 9.80. The van der Waals surface area contributed by atoms with Gasteiger partial charge in [0, 0.05) is 58.8 Å². The molecule has 0 aromatic carbocycles. The second-order valence-corrected chi connectivity index (χ2v) is 9.80. The van der Waals surface area contributed by atoms with Crippen molar-refractivity contribution < 1.29 is 9.59 Å². The van der Waals surface area contributed by atoms with E-state index in [1.807, 2.05) is 37.2 Å². The number of aromatic nitrogens is 1. The van der Waals surface area contributed by atoms with Crippen LogP contribution in [0.1, 0.15) is 40.0 Å². The topological polar surface area (TPSA) is 56.8 Å². The van der Waals surface area contributed by atoms with Gasteiger partial charge in [0.2, 0.25) is 11.8 Å². The van der Waals surface area contributed by atoms with Crippen molar-refractivity contribution in [2.24, 2.45) is 16.7 Å². The summed E-state index contributed by atoms with van der Waals surface area (Å²) >= 11 is 0. The molecule has 0 bridgehead atoms. The fourth-order valence-electron chi connectivity index (χ4n) is 4.74. The molecule has 0 N–H and O–H groups in total. The predicted octanol–water partition coefficient (Wildman–Crippen LogP) is 2.65. The number of hydrogen-bond donors (Lipinski definition) is 0. The third-order valence-corrected chi connectivity index (χ3v) is 6.03. The van der Waals surface area contributed by atoms with Gasteiger partial charge in [0.25, 0.3) is 0 Å². The Kier molecular flexibility index (Phi) is 5.69. The summed E-state index contributed by atoms with van der Waals surface area (Å²) in [4.78, 5) is 36.7. The number of hydrogen-bond acceptors (Lipinski definition) is 4. The van der Waals surface area contributed by atoms with Crippen LogP contribution in [0.25, 0.3) is 0 Å². The third kappa shape index (κ3) is 4.15. The van der Waals surface area contributed by atoms with Crippen molar-refractivity contribution in [1.29, 1.82) is 0 Å². The Bertz CT molecular complexity index is 713. The van der Waals surface area contributed by atoms with Crippen LogP contribution in [0.3, 0.4) is 0 Å². The van der Waals surface area contributed by atoms with Crippen LogP contribution < -0.4 is 4.90 Å². The van der Waals surface area contributed by atoms with Crippen LogP contribution in [0.5, 0.6) is 0 Å². The molecule has 2 fully saturated rings. The Morgan fingerprint density at radius 1 is 1.25 bits per heavy atom. The first-order valence-corrected chi connectivity index (χ1v) is 10.3. The summed E-state index contributed by atoms with van der Waals surface area (Å²) < 4.78 is 0. The van der Waals surface area contributed by atoms with Gasteiger partial charge in [-0.25, -0.2) is 4.98 Å². The molecule has 28 heavy (non-hydrogen) atoms. The molecule has 0 aliphatic carbocycles. The van der Waals surface area contributed by atoms with Crippen molar-refractivity contribution in [1.82, 2.24) is 14.8 Å². The van der Waals surface area contributed by atoms with E-state index in [4.69, 9.17) is 0 Å². The van der Waals surface area contributed by atoms with E-state index in [9.17, 15) is 9.59 Å². The third-order valence-electron chi connectivity index (χ3n) is 6.03. The molecular formula is C22H34N4O2. The van der Waals surface area contributed by atoms with Crippen LogP contribution in [0, 0.1) is 16.7 Å². The van der Waals surface area contributed by atoms with Crippen LogP contribution >= 0.6 is 0 Å². The van der Waals surface area contributed by atoms with Gasteiger partial charge in [-0.2, -0.15) is 0 Å². The molecule has 154 valence electrons. The van der Waals surface area contributed by atoms with Crippen LogP contribution in [0.15, 0.2) is 24.4 Å². The number of amides is 2. The minimum atomic E-state index is -0.447. The van der Waals surface area contributed by atoms with E-state index in [1.165, 1.54) is 0 Å². The summed E-state index contributed by atoms with van der Waals surface area (Å²) in [6.07, 6.45) is 4.01. The van der Waals surface area contributed by atoms with Crippen molar-refractivity contribution in [2.45, 2.75) is 40.0 Å². The minimum absolute atomic E-state index is 0.0321. The van der Waals surface area contributed by atoms with Crippen LogP contribution in [0.2, 0.25) is 0 Å². The van der Waals surface area contributed by atoms with Gasteiger partial charge < -0.3 is 14.7 Å². The summed E-state index contributed by atoms with van der Waals surface area (Å²) in [5.41, 5.74) is -0.479. The molecule has 6 nitrogen and oxygen atoms in total. The number of carbonyl (C=O) groups is 2. The van der Waals surface area contributed by atoms with E-state index >= 15 is 0 Å². The lowest BCUT2D eigenvalue weighted by Crippen LogP contribution is -2.47. The number of anilines is 1. The molecule has 0 saturated carbocycles. The van der Waals surface area contributed by atoms with Crippen molar-refractivity contribution in [2.75, 3.05) is 45.2 Å². The second kappa shape index (κ2) is 7.72. The maximum Gasteiger partial charge on any atom is 0.230 e. The number of nitrogens with zero attached hydrogens (tertiary/aromatic N) is 4. The normalized spacial score (nSPS) is 25.2. The Labute approximate surface area is 168 Å². The van der Waals surface area contributed by atoms with Gasteiger partial charge in [-0.3, -0.25) is 9.59 Å². The molecule has 0 unspecified atom stereocenters. The number of likely N-dealkylation sites (tertiary alicyclic amines) is 1. The first kappa shape index (κ1) is 20.6. The minimum Gasteiger partial charge on any atom is -0.355 e. The molecule has 2 aliphatic rings. The standard InChI is InChI=1S/C22H34N4O2/c1-21(2,3)13-19(27)25-12-8-10-22(20(28)24(4)5)16-26(15-17(22)14-25)18-9-6-7-11-23-18/h6-7,9,11,17H,8,10,12-16H2,1-5H3/t17-,22-/m1/s1.